The number of fused-ring (bicyclic) bond motifs is 1. The number of hydrogen-bond acceptors (Lipinski definition) is 3. The summed E-state index contributed by atoms with van der Waals surface area (Å²) in [6.45, 7) is 1.97. The topological polar surface area (TPSA) is 60.9 Å². The minimum Gasteiger partial charge on any atom is -0.398 e. The van der Waals surface area contributed by atoms with Crippen LogP contribution >= 0.6 is 0 Å². The van der Waals surface area contributed by atoms with Crippen LogP contribution in [0.1, 0.15) is 11.3 Å². The highest BCUT2D eigenvalue weighted by Gasteiger charge is 2.14. The Morgan fingerprint density at radius 2 is 2.00 bits per heavy atom. The number of rotatable bonds is 3. The quantitative estimate of drug-likeness (QED) is 0.756. The molecule has 1 heterocycles. The van der Waals surface area contributed by atoms with Crippen LogP contribution in [0.25, 0.3) is 10.9 Å². The normalized spacial score (nSPS) is 12.7. The van der Waals surface area contributed by atoms with Crippen molar-refractivity contribution < 1.29 is 4.21 Å². The van der Waals surface area contributed by atoms with Gasteiger partial charge in [-0.1, -0.05) is 24.3 Å². The van der Waals surface area contributed by atoms with E-state index < -0.39 is 10.8 Å². The summed E-state index contributed by atoms with van der Waals surface area (Å²) in [5.74, 6) is 0.370. The third kappa shape index (κ3) is 2.56. The molecule has 1 unspecified atom stereocenters. The molecule has 2 aromatic carbocycles. The number of anilines is 1. The Kier molecular flexibility index (Phi) is 3.51. The molecule has 3 aromatic rings. The summed E-state index contributed by atoms with van der Waals surface area (Å²) in [5, 5.41) is 5.53. The van der Waals surface area contributed by atoms with Gasteiger partial charge in [0.05, 0.1) is 32.7 Å². The van der Waals surface area contributed by atoms with Crippen molar-refractivity contribution in [2.75, 3.05) is 5.73 Å². The van der Waals surface area contributed by atoms with Gasteiger partial charge < -0.3 is 5.73 Å². The van der Waals surface area contributed by atoms with E-state index in [1.54, 1.807) is 0 Å². The fourth-order valence-electron chi connectivity index (χ4n) is 2.47. The van der Waals surface area contributed by atoms with E-state index in [9.17, 15) is 4.21 Å². The molecule has 0 bridgehead atoms. The number of nitrogens with zero attached hydrogens (tertiary/aromatic N) is 2. The third-order valence-corrected chi connectivity index (χ3v) is 4.91. The summed E-state index contributed by atoms with van der Waals surface area (Å²) in [7, 11) is 0.700. The Morgan fingerprint density at radius 3 is 2.76 bits per heavy atom. The van der Waals surface area contributed by atoms with Gasteiger partial charge in [0.15, 0.2) is 0 Å². The zero-order chi connectivity index (χ0) is 15.0. The molecule has 3 rings (SSSR count). The average molecular weight is 299 g/mol. The van der Waals surface area contributed by atoms with Crippen LogP contribution in [-0.2, 0) is 23.6 Å². The second kappa shape index (κ2) is 5.33. The molecular weight excluding hydrogens is 282 g/mol. The van der Waals surface area contributed by atoms with E-state index in [0.717, 1.165) is 22.2 Å². The molecule has 4 nitrogen and oxygen atoms in total. The maximum atomic E-state index is 12.6. The Balaban J connectivity index is 1.97. The van der Waals surface area contributed by atoms with Gasteiger partial charge in [-0.05, 0) is 30.7 Å². The molecule has 0 fully saturated rings. The lowest BCUT2D eigenvalue weighted by molar-refractivity contribution is 0.681. The molecule has 5 heteroatoms. The number of aryl methyl sites for hydroxylation is 2. The summed E-state index contributed by atoms with van der Waals surface area (Å²) in [5.41, 5.74) is 9.50. The molecule has 0 amide bonds. The first-order valence-corrected chi connectivity index (χ1v) is 8.03. The van der Waals surface area contributed by atoms with Crippen molar-refractivity contribution in [2.24, 2.45) is 7.05 Å². The molecule has 2 N–H and O–H groups in total. The van der Waals surface area contributed by atoms with Gasteiger partial charge in [-0.3, -0.25) is 8.89 Å². The van der Waals surface area contributed by atoms with Gasteiger partial charge in [0.25, 0.3) is 0 Å². The summed E-state index contributed by atoms with van der Waals surface area (Å²) in [4.78, 5) is 0.676. The molecule has 1 aromatic heterocycles. The molecule has 108 valence electrons. The van der Waals surface area contributed by atoms with Crippen LogP contribution in [0.2, 0.25) is 0 Å². The molecule has 0 saturated carbocycles. The first-order chi connectivity index (χ1) is 10.1. The summed E-state index contributed by atoms with van der Waals surface area (Å²) >= 11 is 0. The molecule has 0 aliphatic heterocycles. The monoisotopic (exact) mass is 299 g/mol. The molecule has 0 spiro atoms. The predicted molar refractivity (Wildman–Crippen MR) is 86.4 cm³/mol. The van der Waals surface area contributed by atoms with Gasteiger partial charge in [0, 0.05) is 18.1 Å². The van der Waals surface area contributed by atoms with E-state index in [1.165, 1.54) is 0 Å². The lowest BCUT2D eigenvalue weighted by Crippen LogP contribution is -2.02. The van der Waals surface area contributed by atoms with Crippen LogP contribution in [-0.4, -0.2) is 14.0 Å². The SMILES string of the molecule is Cc1ccc(S(=O)Cc2nn(C)c3ccccc23)c(N)c1. The van der Waals surface area contributed by atoms with Gasteiger partial charge in [0.2, 0.25) is 0 Å². The van der Waals surface area contributed by atoms with E-state index in [-0.39, 0.29) is 0 Å². The Labute approximate surface area is 126 Å². The molecule has 0 saturated heterocycles. The fourth-order valence-corrected chi connectivity index (χ4v) is 3.63. The molecular formula is C16H17N3OS. The van der Waals surface area contributed by atoms with Crippen LogP contribution in [0, 0.1) is 6.92 Å². The number of benzene rings is 2. The Morgan fingerprint density at radius 1 is 1.24 bits per heavy atom. The summed E-state index contributed by atoms with van der Waals surface area (Å²) in [6.07, 6.45) is 0. The maximum Gasteiger partial charge on any atom is 0.0831 e. The lowest BCUT2D eigenvalue weighted by atomic mass is 10.2. The van der Waals surface area contributed by atoms with Gasteiger partial charge in [-0.15, -0.1) is 0 Å². The molecule has 0 aliphatic rings. The van der Waals surface area contributed by atoms with Crippen LogP contribution in [0.3, 0.4) is 0 Å². The predicted octanol–water partition coefficient (Wildman–Crippen LogP) is 2.77. The van der Waals surface area contributed by atoms with Crippen molar-refractivity contribution in [3.8, 4) is 0 Å². The van der Waals surface area contributed by atoms with Crippen molar-refractivity contribution in [2.45, 2.75) is 17.6 Å². The second-order valence-electron chi connectivity index (χ2n) is 5.12. The van der Waals surface area contributed by atoms with Crippen molar-refractivity contribution in [3.63, 3.8) is 0 Å². The highest BCUT2D eigenvalue weighted by Crippen LogP contribution is 2.23. The average Bonchev–Trinajstić information content (AvgIpc) is 2.76. The van der Waals surface area contributed by atoms with Gasteiger partial charge >= 0.3 is 0 Å². The van der Waals surface area contributed by atoms with E-state index in [1.807, 2.05) is 61.1 Å². The smallest absolute Gasteiger partial charge is 0.0831 e. The Bertz CT molecular complexity index is 839. The number of hydrogen-bond donors (Lipinski definition) is 1. The fraction of sp³-hybridized carbons (Fsp3) is 0.188. The molecule has 0 radical (unpaired) electrons. The second-order valence-corrected chi connectivity index (χ2v) is 6.54. The zero-order valence-electron chi connectivity index (χ0n) is 12.0. The number of nitrogens with two attached hydrogens (primary N) is 1. The highest BCUT2D eigenvalue weighted by atomic mass is 32.2. The highest BCUT2D eigenvalue weighted by molar-refractivity contribution is 7.84. The minimum atomic E-state index is -1.20. The molecule has 0 aliphatic carbocycles. The first kappa shape index (κ1) is 13.8. The van der Waals surface area contributed by atoms with E-state index in [0.29, 0.717) is 16.3 Å². The zero-order valence-corrected chi connectivity index (χ0v) is 12.9. The standard InChI is InChI=1S/C16H17N3OS/c1-11-7-8-16(13(17)9-11)21(20)10-14-12-5-3-4-6-15(12)19(2)18-14/h3-9H,10,17H2,1-2H3. The van der Waals surface area contributed by atoms with E-state index >= 15 is 0 Å². The van der Waals surface area contributed by atoms with Gasteiger partial charge in [-0.25, -0.2) is 0 Å². The largest absolute Gasteiger partial charge is 0.398 e. The summed E-state index contributed by atoms with van der Waals surface area (Å²) < 4.78 is 14.4. The Hall–Kier alpha value is -2.14. The number of para-hydroxylation sites is 1. The van der Waals surface area contributed by atoms with Crippen molar-refractivity contribution >= 4 is 27.4 Å². The summed E-state index contributed by atoms with van der Waals surface area (Å²) in [6, 6.07) is 13.6. The van der Waals surface area contributed by atoms with Crippen LogP contribution in [0.15, 0.2) is 47.4 Å². The van der Waals surface area contributed by atoms with Crippen LogP contribution in [0.4, 0.5) is 5.69 Å². The number of aromatic nitrogens is 2. The van der Waals surface area contributed by atoms with E-state index in [4.69, 9.17) is 5.73 Å². The maximum absolute atomic E-state index is 12.6. The van der Waals surface area contributed by atoms with Crippen molar-refractivity contribution in [1.82, 2.24) is 9.78 Å². The number of nitrogen functional groups attached to an aromatic ring is 1. The van der Waals surface area contributed by atoms with Crippen molar-refractivity contribution in [3.05, 3.63) is 53.7 Å². The molecule has 1 atom stereocenters. The lowest BCUT2D eigenvalue weighted by Gasteiger charge is -2.05. The molecule has 21 heavy (non-hydrogen) atoms. The van der Waals surface area contributed by atoms with E-state index in [2.05, 4.69) is 5.10 Å². The van der Waals surface area contributed by atoms with Crippen LogP contribution < -0.4 is 5.73 Å². The van der Waals surface area contributed by atoms with Gasteiger partial charge in [-0.2, -0.15) is 5.10 Å². The third-order valence-electron chi connectivity index (χ3n) is 3.51. The first-order valence-electron chi connectivity index (χ1n) is 6.71. The minimum absolute atomic E-state index is 0.370. The van der Waals surface area contributed by atoms with Gasteiger partial charge in [0.1, 0.15) is 0 Å². The van der Waals surface area contributed by atoms with Crippen LogP contribution in [0.5, 0.6) is 0 Å². The van der Waals surface area contributed by atoms with Crippen molar-refractivity contribution in [1.29, 1.82) is 0 Å².